The Morgan fingerprint density at radius 2 is 2.18 bits per heavy atom. The summed E-state index contributed by atoms with van der Waals surface area (Å²) >= 11 is 3.08. The highest BCUT2D eigenvalue weighted by Crippen LogP contribution is 2.24. The lowest BCUT2D eigenvalue weighted by atomic mass is 10.0. The summed E-state index contributed by atoms with van der Waals surface area (Å²) in [5.41, 5.74) is -0.627. The Kier molecular flexibility index (Phi) is 4.59. The summed E-state index contributed by atoms with van der Waals surface area (Å²) in [6, 6.07) is 3.68. The molecular weight excluding hydrogens is 376 g/mol. The van der Waals surface area contributed by atoms with Crippen molar-refractivity contribution in [2.45, 2.75) is 30.2 Å². The van der Waals surface area contributed by atoms with Crippen LogP contribution in [0.25, 0.3) is 0 Å². The molecule has 1 aliphatic rings. The maximum absolute atomic E-state index is 12.3. The Balaban J connectivity index is 2.17. The van der Waals surface area contributed by atoms with Crippen LogP contribution in [0.4, 0.5) is 0 Å². The van der Waals surface area contributed by atoms with Crippen molar-refractivity contribution in [1.29, 1.82) is 0 Å². The summed E-state index contributed by atoms with van der Waals surface area (Å²) in [5.74, 6) is -1.24. The molecule has 1 amide bonds. The van der Waals surface area contributed by atoms with Crippen molar-refractivity contribution >= 4 is 37.8 Å². The molecule has 9 heteroatoms. The molecule has 0 aliphatic carbocycles. The first-order valence-electron chi connectivity index (χ1n) is 6.46. The number of hydrogen-bond donors (Lipinski definition) is 3. The van der Waals surface area contributed by atoms with Crippen LogP contribution in [0, 0.1) is 0 Å². The number of halogens is 1. The van der Waals surface area contributed by atoms with Gasteiger partial charge in [0, 0.05) is 17.4 Å². The first-order valence-corrected chi connectivity index (χ1v) is 8.74. The van der Waals surface area contributed by atoms with E-state index in [2.05, 4.69) is 26.0 Å². The van der Waals surface area contributed by atoms with Crippen LogP contribution < -0.4 is 10.0 Å². The van der Waals surface area contributed by atoms with Crippen LogP contribution in [0.2, 0.25) is 0 Å². The molecule has 1 saturated heterocycles. The molecule has 3 N–H and O–H groups in total. The SMILES string of the molecule is CC1(CNS(=O)(=O)c2ccc(C(=O)O)cc2Br)CCC(=O)N1. The molecule has 1 aliphatic heterocycles. The number of aromatic carboxylic acids is 1. The minimum atomic E-state index is -3.82. The van der Waals surface area contributed by atoms with Gasteiger partial charge in [0.25, 0.3) is 0 Å². The molecule has 0 aromatic heterocycles. The van der Waals surface area contributed by atoms with E-state index in [1.807, 2.05) is 0 Å². The standard InChI is InChI=1S/C13H15BrN2O5S/c1-13(5-4-11(17)16-13)7-15-22(20,21)10-3-2-8(12(18)19)6-9(10)14/h2-3,6,15H,4-5,7H2,1H3,(H,16,17)(H,18,19). The molecule has 1 unspecified atom stereocenters. The molecule has 0 saturated carbocycles. The predicted molar refractivity (Wildman–Crippen MR) is 82.1 cm³/mol. The number of carbonyl (C=O) groups is 2. The third-order valence-electron chi connectivity index (χ3n) is 3.47. The van der Waals surface area contributed by atoms with Gasteiger partial charge in [-0.1, -0.05) is 0 Å². The fourth-order valence-corrected chi connectivity index (χ4v) is 4.41. The number of carboxylic acids is 1. The minimum absolute atomic E-state index is 0.0131. The topological polar surface area (TPSA) is 113 Å². The van der Waals surface area contributed by atoms with E-state index in [9.17, 15) is 18.0 Å². The zero-order chi connectivity index (χ0) is 16.5. The van der Waals surface area contributed by atoms with Gasteiger partial charge in [0.05, 0.1) is 16.0 Å². The quantitative estimate of drug-likeness (QED) is 0.696. The van der Waals surface area contributed by atoms with Crippen LogP contribution >= 0.6 is 15.9 Å². The van der Waals surface area contributed by atoms with Crippen molar-refractivity contribution in [3.05, 3.63) is 28.2 Å². The largest absolute Gasteiger partial charge is 0.478 e. The smallest absolute Gasteiger partial charge is 0.335 e. The van der Waals surface area contributed by atoms with Crippen molar-refractivity contribution < 1.29 is 23.1 Å². The summed E-state index contributed by atoms with van der Waals surface area (Å²) < 4.78 is 27.2. The van der Waals surface area contributed by atoms with Crippen LogP contribution in [-0.4, -0.2) is 37.5 Å². The molecule has 1 aromatic rings. The highest BCUT2D eigenvalue weighted by atomic mass is 79.9. The van der Waals surface area contributed by atoms with E-state index >= 15 is 0 Å². The average molecular weight is 391 g/mol. The van der Waals surface area contributed by atoms with Crippen LogP contribution in [0.1, 0.15) is 30.1 Å². The zero-order valence-corrected chi connectivity index (χ0v) is 14.1. The number of rotatable bonds is 5. The molecule has 1 aromatic carbocycles. The first kappa shape index (κ1) is 16.9. The maximum Gasteiger partial charge on any atom is 0.335 e. The molecular formula is C13H15BrN2O5S. The van der Waals surface area contributed by atoms with Gasteiger partial charge in [-0.25, -0.2) is 17.9 Å². The second-order valence-electron chi connectivity index (χ2n) is 5.38. The molecule has 1 atom stereocenters. The van der Waals surface area contributed by atoms with Crippen molar-refractivity contribution in [3.63, 3.8) is 0 Å². The monoisotopic (exact) mass is 390 g/mol. The molecule has 7 nitrogen and oxygen atoms in total. The lowest BCUT2D eigenvalue weighted by Gasteiger charge is -2.24. The third kappa shape index (κ3) is 3.65. The van der Waals surface area contributed by atoms with Crippen LogP contribution in [-0.2, 0) is 14.8 Å². The van der Waals surface area contributed by atoms with E-state index in [1.54, 1.807) is 6.92 Å². The number of benzene rings is 1. The maximum atomic E-state index is 12.3. The van der Waals surface area contributed by atoms with Gasteiger partial charge in [-0.2, -0.15) is 0 Å². The second-order valence-corrected chi connectivity index (χ2v) is 7.97. The van der Waals surface area contributed by atoms with E-state index in [4.69, 9.17) is 5.11 Å². The number of amides is 1. The Labute approximate surface area is 136 Å². The van der Waals surface area contributed by atoms with Crippen molar-refractivity contribution in [2.24, 2.45) is 0 Å². The first-order chi connectivity index (χ1) is 10.1. The Morgan fingerprint density at radius 3 is 2.68 bits per heavy atom. The Hall–Kier alpha value is -1.45. The highest BCUT2D eigenvalue weighted by Gasteiger charge is 2.34. The van der Waals surface area contributed by atoms with Crippen LogP contribution in [0.3, 0.4) is 0 Å². The van der Waals surface area contributed by atoms with Crippen molar-refractivity contribution in [1.82, 2.24) is 10.0 Å². The lowest BCUT2D eigenvalue weighted by Crippen LogP contribution is -2.48. The summed E-state index contributed by atoms with van der Waals surface area (Å²) in [7, 11) is -3.82. The predicted octanol–water partition coefficient (Wildman–Crippen LogP) is 1.09. The van der Waals surface area contributed by atoms with Crippen molar-refractivity contribution in [2.75, 3.05) is 6.54 Å². The Morgan fingerprint density at radius 1 is 1.50 bits per heavy atom. The zero-order valence-electron chi connectivity index (χ0n) is 11.7. The Bertz CT molecular complexity index is 734. The molecule has 2 rings (SSSR count). The summed E-state index contributed by atoms with van der Waals surface area (Å²) in [6.07, 6.45) is 0.919. The average Bonchev–Trinajstić information content (AvgIpc) is 2.76. The summed E-state index contributed by atoms with van der Waals surface area (Å²) in [4.78, 5) is 22.1. The van der Waals surface area contributed by atoms with Gasteiger partial charge >= 0.3 is 5.97 Å². The number of sulfonamides is 1. The lowest BCUT2D eigenvalue weighted by molar-refractivity contribution is -0.119. The summed E-state index contributed by atoms with van der Waals surface area (Å²) in [6.45, 7) is 1.83. The fraction of sp³-hybridized carbons (Fsp3) is 0.385. The molecule has 1 heterocycles. The van der Waals surface area contributed by atoms with E-state index < -0.39 is 21.5 Å². The second kappa shape index (κ2) is 5.98. The minimum Gasteiger partial charge on any atom is -0.478 e. The van der Waals surface area contributed by atoms with Gasteiger partial charge < -0.3 is 10.4 Å². The normalized spacial score (nSPS) is 21.6. The van der Waals surface area contributed by atoms with Crippen LogP contribution in [0.5, 0.6) is 0 Å². The van der Waals surface area contributed by atoms with Gasteiger partial charge in [-0.05, 0) is 47.5 Å². The van der Waals surface area contributed by atoms with E-state index in [-0.39, 0.29) is 27.4 Å². The molecule has 120 valence electrons. The van der Waals surface area contributed by atoms with E-state index in [0.717, 1.165) is 0 Å². The molecule has 0 spiro atoms. The van der Waals surface area contributed by atoms with Gasteiger partial charge in [0.2, 0.25) is 15.9 Å². The van der Waals surface area contributed by atoms with Gasteiger partial charge in [0.15, 0.2) is 0 Å². The number of hydrogen-bond acceptors (Lipinski definition) is 4. The van der Waals surface area contributed by atoms with Gasteiger partial charge in [-0.15, -0.1) is 0 Å². The van der Waals surface area contributed by atoms with E-state index in [0.29, 0.717) is 12.8 Å². The third-order valence-corrected chi connectivity index (χ3v) is 5.84. The highest BCUT2D eigenvalue weighted by molar-refractivity contribution is 9.10. The van der Waals surface area contributed by atoms with Gasteiger partial charge in [-0.3, -0.25) is 4.79 Å². The summed E-state index contributed by atoms with van der Waals surface area (Å²) in [5, 5.41) is 11.6. The number of nitrogens with one attached hydrogen (secondary N) is 2. The van der Waals surface area contributed by atoms with Crippen molar-refractivity contribution in [3.8, 4) is 0 Å². The van der Waals surface area contributed by atoms with Gasteiger partial charge in [0.1, 0.15) is 0 Å². The molecule has 1 fully saturated rings. The molecule has 0 radical (unpaired) electrons. The molecule has 0 bridgehead atoms. The van der Waals surface area contributed by atoms with Crippen LogP contribution in [0.15, 0.2) is 27.6 Å². The van der Waals surface area contributed by atoms with E-state index in [1.165, 1.54) is 18.2 Å². The number of carboxylic acid groups (broad SMARTS) is 1. The molecule has 22 heavy (non-hydrogen) atoms. The number of carbonyl (C=O) groups excluding carboxylic acids is 1. The fourth-order valence-electron chi connectivity index (χ4n) is 2.17.